The number of carbonyl (C=O) groups is 1. The number of nitro groups is 2. The van der Waals surface area contributed by atoms with Gasteiger partial charge in [-0.15, -0.1) is 11.8 Å². The molecule has 2 aromatic rings. The van der Waals surface area contributed by atoms with Crippen molar-refractivity contribution in [3.63, 3.8) is 0 Å². The van der Waals surface area contributed by atoms with Crippen LogP contribution in [0.25, 0.3) is 0 Å². The van der Waals surface area contributed by atoms with Gasteiger partial charge >= 0.3 is 0 Å². The Bertz CT molecular complexity index is 807. The lowest BCUT2D eigenvalue weighted by Crippen LogP contribution is -2.27. The molecule has 1 heterocycles. The topological polar surface area (TPSA) is 107 Å². The number of hydrogen-bond acceptors (Lipinski definition) is 6. The van der Waals surface area contributed by atoms with Gasteiger partial charge in [0.05, 0.1) is 15.6 Å². The number of non-ortho nitro benzene ring substituents is 2. The summed E-state index contributed by atoms with van der Waals surface area (Å²) in [4.78, 5) is 34.3. The first-order valence-electron chi connectivity index (χ1n) is 6.90. The first-order chi connectivity index (χ1) is 11.5. The molecule has 9 heteroatoms. The fourth-order valence-corrected chi connectivity index (χ4v) is 3.62. The molecule has 8 nitrogen and oxygen atoms in total. The Morgan fingerprint density at radius 1 is 0.917 bits per heavy atom. The van der Waals surface area contributed by atoms with E-state index in [1.807, 2.05) is 0 Å². The minimum atomic E-state index is -0.502. The van der Waals surface area contributed by atoms with Gasteiger partial charge in [0.15, 0.2) is 0 Å². The highest BCUT2D eigenvalue weighted by Crippen LogP contribution is 2.42. The van der Waals surface area contributed by atoms with Gasteiger partial charge in [0.1, 0.15) is 5.37 Å². The Morgan fingerprint density at radius 3 is 1.92 bits per heavy atom. The van der Waals surface area contributed by atoms with E-state index < -0.39 is 9.85 Å². The van der Waals surface area contributed by atoms with E-state index in [2.05, 4.69) is 0 Å². The molecule has 0 spiro atoms. The number of carbonyl (C=O) groups excluding carboxylic acids is 1. The normalized spacial score (nSPS) is 17.1. The molecule has 1 fully saturated rings. The maximum Gasteiger partial charge on any atom is 0.269 e. The van der Waals surface area contributed by atoms with E-state index in [1.165, 1.54) is 48.2 Å². The average Bonchev–Trinajstić information content (AvgIpc) is 2.96. The van der Waals surface area contributed by atoms with Crippen molar-refractivity contribution < 1.29 is 14.6 Å². The van der Waals surface area contributed by atoms with Crippen LogP contribution in [0.1, 0.15) is 10.9 Å². The van der Waals surface area contributed by atoms with Gasteiger partial charge in [-0.25, -0.2) is 0 Å². The third kappa shape index (κ3) is 2.93. The highest BCUT2D eigenvalue weighted by atomic mass is 32.2. The van der Waals surface area contributed by atoms with Gasteiger partial charge in [-0.05, 0) is 29.8 Å². The Labute approximate surface area is 140 Å². The van der Waals surface area contributed by atoms with Crippen LogP contribution in [0.2, 0.25) is 0 Å². The lowest BCUT2D eigenvalue weighted by Gasteiger charge is -2.24. The number of rotatable bonds is 4. The van der Waals surface area contributed by atoms with Crippen molar-refractivity contribution in [3.8, 4) is 0 Å². The summed E-state index contributed by atoms with van der Waals surface area (Å²) in [5.74, 6) is 0.163. The molecular weight excluding hydrogens is 334 g/mol. The lowest BCUT2D eigenvalue weighted by atomic mass is 10.1. The molecule has 1 amide bonds. The summed E-state index contributed by atoms with van der Waals surface area (Å²) in [5.41, 5.74) is 1.24. The van der Waals surface area contributed by atoms with Gasteiger partial charge < -0.3 is 0 Å². The molecule has 1 atom stereocenters. The van der Waals surface area contributed by atoms with Crippen molar-refractivity contribution in [2.45, 2.75) is 5.37 Å². The SMILES string of the molecule is O=C1CSC(c2ccc([N+](=O)[O-])cc2)N1c1ccc([N+](=O)[O-])cc1. The molecule has 122 valence electrons. The predicted octanol–water partition coefficient (Wildman–Crippen LogP) is 3.28. The van der Waals surface area contributed by atoms with Crippen LogP contribution in [-0.4, -0.2) is 21.5 Å². The van der Waals surface area contributed by atoms with Crippen molar-refractivity contribution in [1.82, 2.24) is 0 Å². The monoisotopic (exact) mass is 345 g/mol. The summed E-state index contributed by atoms with van der Waals surface area (Å²) >= 11 is 1.40. The Hall–Kier alpha value is -2.94. The fourth-order valence-electron chi connectivity index (χ4n) is 2.45. The van der Waals surface area contributed by atoms with E-state index in [-0.39, 0.29) is 28.4 Å². The quantitative estimate of drug-likeness (QED) is 0.622. The van der Waals surface area contributed by atoms with Crippen LogP contribution in [0.5, 0.6) is 0 Å². The summed E-state index contributed by atoms with van der Waals surface area (Å²) in [6.45, 7) is 0. The van der Waals surface area contributed by atoms with Gasteiger partial charge in [-0.1, -0.05) is 0 Å². The Balaban J connectivity index is 1.91. The number of benzene rings is 2. The first kappa shape index (κ1) is 15.9. The van der Waals surface area contributed by atoms with Crippen molar-refractivity contribution >= 4 is 34.7 Å². The third-order valence-corrected chi connectivity index (χ3v) is 4.81. The number of nitro benzene ring substituents is 2. The van der Waals surface area contributed by atoms with Crippen molar-refractivity contribution in [3.05, 3.63) is 74.3 Å². The minimum Gasteiger partial charge on any atom is -0.295 e. The zero-order chi connectivity index (χ0) is 17.3. The van der Waals surface area contributed by atoms with Crippen LogP contribution < -0.4 is 4.90 Å². The maximum absolute atomic E-state index is 12.2. The zero-order valence-electron chi connectivity index (χ0n) is 12.2. The largest absolute Gasteiger partial charge is 0.295 e. The van der Waals surface area contributed by atoms with E-state index in [4.69, 9.17) is 0 Å². The minimum absolute atomic E-state index is 0.0186. The molecule has 1 unspecified atom stereocenters. The molecule has 0 bridgehead atoms. The van der Waals surface area contributed by atoms with Gasteiger partial charge in [-0.3, -0.25) is 29.9 Å². The molecule has 0 aliphatic carbocycles. The molecule has 2 aromatic carbocycles. The smallest absolute Gasteiger partial charge is 0.269 e. The van der Waals surface area contributed by atoms with E-state index in [0.29, 0.717) is 5.69 Å². The maximum atomic E-state index is 12.2. The second kappa shape index (κ2) is 6.28. The number of amides is 1. The van der Waals surface area contributed by atoms with Crippen molar-refractivity contribution in [2.75, 3.05) is 10.7 Å². The summed E-state index contributed by atoms with van der Waals surface area (Å²) in [7, 11) is 0. The highest BCUT2D eigenvalue weighted by molar-refractivity contribution is 8.00. The fraction of sp³-hybridized carbons (Fsp3) is 0.133. The van der Waals surface area contributed by atoms with Gasteiger partial charge in [0.2, 0.25) is 5.91 Å². The second-order valence-electron chi connectivity index (χ2n) is 5.05. The van der Waals surface area contributed by atoms with Crippen LogP contribution in [0.3, 0.4) is 0 Å². The molecule has 1 aliphatic rings. The van der Waals surface area contributed by atoms with Gasteiger partial charge in [-0.2, -0.15) is 0 Å². The lowest BCUT2D eigenvalue weighted by molar-refractivity contribution is -0.385. The average molecular weight is 345 g/mol. The number of anilines is 1. The number of hydrogen-bond donors (Lipinski definition) is 0. The predicted molar refractivity (Wildman–Crippen MR) is 88.9 cm³/mol. The van der Waals surface area contributed by atoms with Crippen LogP contribution in [-0.2, 0) is 4.79 Å². The van der Waals surface area contributed by atoms with Crippen molar-refractivity contribution in [1.29, 1.82) is 0 Å². The van der Waals surface area contributed by atoms with Crippen LogP contribution in [0.4, 0.5) is 17.1 Å². The first-order valence-corrected chi connectivity index (χ1v) is 7.95. The molecule has 3 rings (SSSR count). The summed E-state index contributed by atoms with van der Waals surface area (Å²) in [6.07, 6.45) is 0. The van der Waals surface area contributed by atoms with E-state index in [1.54, 1.807) is 17.0 Å². The molecule has 0 radical (unpaired) electrons. The standard InChI is InChI=1S/C15H11N3O5S/c19-14-9-24-15(10-1-3-12(4-2-10)17(20)21)16(14)11-5-7-13(8-6-11)18(22)23/h1-8,15H,9H2. The van der Waals surface area contributed by atoms with Crippen LogP contribution in [0, 0.1) is 20.2 Å². The van der Waals surface area contributed by atoms with E-state index in [9.17, 15) is 25.0 Å². The van der Waals surface area contributed by atoms with Crippen LogP contribution in [0.15, 0.2) is 48.5 Å². The van der Waals surface area contributed by atoms with E-state index >= 15 is 0 Å². The van der Waals surface area contributed by atoms with Crippen LogP contribution >= 0.6 is 11.8 Å². The Morgan fingerprint density at radius 2 is 1.42 bits per heavy atom. The third-order valence-electron chi connectivity index (χ3n) is 3.60. The molecule has 1 aliphatic heterocycles. The number of thioether (sulfide) groups is 1. The zero-order valence-corrected chi connectivity index (χ0v) is 13.0. The van der Waals surface area contributed by atoms with Gasteiger partial charge in [0, 0.05) is 30.0 Å². The molecule has 0 saturated carbocycles. The Kier molecular flexibility index (Phi) is 4.17. The van der Waals surface area contributed by atoms with Crippen molar-refractivity contribution in [2.24, 2.45) is 0 Å². The number of nitrogens with zero attached hydrogens (tertiary/aromatic N) is 3. The molecule has 0 N–H and O–H groups in total. The second-order valence-corrected chi connectivity index (χ2v) is 6.12. The molecule has 1 saturated heterocycles. The highest BCUT2D eigenvalue weighted by Gasteiger charge is 2.34. The molecular formula is C15H11N3O5S. The van der Waals surface area contributed by atoms with E-state index in [0.717, 1.165) is 5.56 Å². The summed E-state index contributed by atoms with van der Waals surface area (Å²) in [6, 6.07) is 11.8. The summed E-state index contributed by atoms with van der Waals surface area (Å²) < 4.78 is 0. The van der Waals surface area contributed by atoms with Gasteiger partial charge in [0.25, 0.3) is 11.4 Å². The molecule has 0 aromatic heterocycles. The summed E-state index contributed by atoms with van der Waals surface area (Å²) in [5, 5.41) is 21.2. The molecule has 24 heavy (non-hydrogen) atoms.